The highest BCUT2D eigenvalue weighted by atomic mass is 16.2. The van der Waals surface area contributed by atoms with E-state index in [1.54, 1.807) is 0 Å². The van der Waals surface area contributed by atoms with Gasteiger partial charge in [-0.25, -0.2) is 0 Å². The number of hydrogen-bond acceptors (Lipinski definition) is 3. The van der Waals surface area contributed by atoms with Crippen LogP contribution in [0.15, 0.2) is 36.4 Å². The van der Waals surface area contributed by atoms with Crippen molar-refractivity contribution in [2.75, 3.05) is 26.7 Å². The van der Waals surface area contributed by atoms with E-state index in [-0.39, 0.29) is 5.91 Å². The highest BCUT2D eigenvalue weighted by Gasteiger charge is 2.34. The summed E-state index contributed by atoms with van der Waals surface area (Å²) in [7, 11) is 1.92. The lowest BCUT2D eigenvalue weighted by molar-refractivity contribution is 0.0401. The Hall–Kier alpha value is -2.14. The van der Waals surface area contributed by atoms with Gasteiger partial charge >= 0.3 is 0 Å². The zero-order valence-electron chi connectivity index (χ0n) is 15.5. The van der Waals surface area contributed by atoms with E-state index in [1.807, 2.05) is 48.3 Å². The van der Waals surface area contributed by atoms with E-state index in [2.05, 4.69) is 15.1 Å². The maximum absolute atomic E-state index is 12.9. The molecule has 0 bridgehead atoms. The average molecular weight is 352 g/mol. The highest BCUT2D eigenvalue weighted by molar-refractivity contribution is 5.93. The maximum Gasteiger partial charge on any atom is 0.271 e. The van der Waals surface area contributed by atoms with Gasteiger partial charge in [-0.1, -0.05) is 36.8 Å². The van der Waals surface area contributed by atoms with Crippen molar-refractivity contribution in [1.82, 2.24) is 20.0 Å². The van der Waals surface area contributed by atoms with Crippen molar-refractivity contribution in [2.24, 2.45) is 5.92 Å². The molecule has 5 heteroatoms. The van der Waals surface area contributed by atoms with Crippen LogP contribution in [0.3, 0.4) is 0 Å². The van der Waals surface area contributed by atoms with Crippen molar-refractivity contribution < 1.29 is 4.79 Å². The monoisotopic (exact) mass is 352 g/mol. The summed E-state index contributed by atoms with van der Waals surface area (Å²) < 4.78 is 0. The summed E-state index contributed by atoms with van der Waals surface area (Å²) in [6, 6.07) is 12.5. The average Bonchev–Trinajstić information content (AvgIpc) is 3.18. The molecule has 0 spiro atoms. The van der Waals surface area contributed by atoms with Crippen molar-refractivity contribution >= 4 is 5.91 Å². The molecular formula is C21H28N4O. The zero-order valence-corrected chi connectivity index (χ0v) is 15.5. The number of nitrogens with one attached hydrogen (secondary N) is 1. The molecule has 4 rings (SSSR count). The number of rotatable bonds is 4. The standard InChI is InChI=1S/C21H28N4O/c1-24(15-17-10-7-13-25-12-6-5-11-20(17)25)21(26)19-14-18(22-23-19)16-8-3-2-4-9-16/h2-4,8-9,14,17,20H,5-7,10-13,15H2,1H3,(H,22,23)/t17-,20+/m1/s1. The summed E-state index contributed by atoms with van der Waals surface area (Å²) in [5.74, 6) is 0.627. The second kappa shape index (κ2) is 7.62. The minimum Gasteiger partial charge on any atom is -0.340 e. The van der Waals surface area contributed by atoms with Crippen molar-refractivity contribution in [1.29, 1.82) is 0 Å². The third-order valence-electron chi connectivity index (χ3n) is 5.96. The molecule has 2 aliphatic rings. The first-order chi connectivity index (χ1) is 12.7. The molecule has 1 amide bonds. The molecule has 5 nitrogen and oxygen atoms in total. The van der Waals surface area contributed by atoms with Gasteiger partial charge in [-0.2, -0.15) is 5.10 Å². The smallest absolute Gasteiger partial charge is 0.271 e. The lowest BCUT2D eigenvalue weighted by Crippen LogP contribution is -2.51. The SMILES string of the molecule is CN(C[C@H]1CCCN2CCCC[C@@H]12)C(=O)c1cc(-c2ccccc2)n[nH]1. The lowest BCUT2D eigenvalue weighted by Gasteiger charge is -2.45. The maximum atomic E-state index is 12.9. The first-order valence-corrected chi connectivity index (χ1v) is 9.83. The highest BCUT2D eigenvalue weighted by Crippen LogP contribution is 2.31. The quantitative estimate of drug-likeness (QED) is 0.917. The van der Waals surface area contributed by atoms with Gasteiger partial charge in [-0.3, -0.25) is 9.89 Å². The van der Waals surface area contributed by atoms with Crippen LogP contribution < -0.4 is 0 Å². The van der Waals surface area contributed by atoms with Crippen molar-refractivity contribution in [3.63, 3.8) is 0 Å². The number of benzene rings is 1. The van der Waals surface area contributed by atoms with Crippen molar-refractivity contribution in [2.45, 2.75) is 38.1 Å². The zero-order chi connectivity index (χ0) is 17.9. The molecule has 26 heavy (non-hydrogen) atoms. The summed E-state index contributed by atoms with van der Waals surface area (Å²) in [4.78, 5) is 17.4. The van der Waals surface area contributed by atoms with Crippen LogP contribution in [0.2, 0.25) is 0 Å². The van der Waals surface area contributed by atoms with Gasteiger partial charge in [0.25, 0.3) is 5.91 Å². The van der Waals surface area contributed by atoms with Crippen LogP contribution in [-0.4, -0.2) is 58.6 Å². The number of piperidine rings is 2. The van der Waals surface area contributed by atoms with E-state index in [9.17, 15) is 4.79 Å². The molecule has 0 aliphatic carbocycles. The Kier molecular flexibility index (Phi) is 5.07. The molecule has 1 aromatic carbocycles. The number of H-pyrrole nitrogens is 1. The fourth-order valence-corrected chi connectivity index (χ4v) is 4.62. The fourth-order valence-electron chi connectivity index (χ4n) is 4.62. The van der Waals surface area contributed by atoms with E-state index in [1.165, 1.54) is 45.2 Å². The molecule has 2 aromatic rings. The molecular weight excluding hydrogens is 324 g/mol. The molecule has 0 unspecified atom stereocenters. The van der Waals surface area contributed by atoms with Crippen molar-refractivity contribution in [3.05, 3.63) is 42.1 Å². The van der Waals surface area contributed by atoms with Crippen LogP contribution in [0.25, 0.3) is 11.3 Å². The van der Waals surface area contributed by atoms with Gasteiger partial charge < -0.3 is 9.80 Å². The Balaban J connectivity index is 1.42. The van der Waals surface area contributed by atoms with E-state index in [0.717, 1.165) is 17.8 Å². The number of aromatic nitrogens is 2. The summed E-state index contributed by atoms with van der Waals surface area (Å²) in [6.45, 7) is 3.30. The second-order valence-corrected chi connectivity index (χ2v) is 7.72. The van der Waals surface area contributed by atoms with Gasteiger partial charge in [0.05, 0.1) is 5.69 Å². The van der Waals surface area contributed by atoms with Crippen LogP contribution >= 0.6 is 0 Å². The number of nitrogens with zero attached hydrogens (tertiary/aromatic N) is 3. The minimum atomic E-state index is 0.0348. The summed E-state index contributed by atoms with van der Waals surface area (Å²) in [5.41, 5.74) is 2.41. The van der Waals surface area contributed by atoms with Crippen LogP contribution in [0.1, 0.15) is 42.6 Å². The molecule has 2 saturated heterocycles. The first kappa shape index (κ1) is 17.3. The molecule has 138 valence electrons. The van der Waals surface area contributed by atoms with Gasteiger partial charge in [0.2, 0.25) is 0 Å². The Bertz CT molecular complexity index is 739. The largest absolute Gasteiger partial charge is 0.340 e. The number of fused-ring (bicyclic) bond motifs is 1. The van der Waals surface area contributed by atoms with Gasteiger partial charge in [-0.05, 0) is 50.8 Å². The van der Waals surface area contributed by atoms with E-state index in [4.69, 9.17) is 0 Å². The fraction of sp³-hybridized carbons (Fsp3) is 0.524. The van der Waals surface area contributed by atoms with E-state index < -0.39 is 0 Å². The molecule has 3 heterocycles. The Morgan fingerprint density at radius 3 is 2.85 bits per heavy atom. The Labute approximate surface area is 155 Å². The number of carbonyl (C=O) groups is 1. The topological polar surface area (TPSA) is 52.2 Å². The number of amides is 1. The van der Waals surface area contributed by atoms with Crippen LogP contribution in [0.4, 0.5) is 0 Å². The molecule has 1 N–H and O–H groups in total. The van der Waals surface area contributed by atoms with Gasteiger partial charge in [0.15, 0.2) is 0 Å². The predicted octanol–water partition coefficient (Wildman–Crippen LogP) is 3.41. The van der Waals surface area contributed by atoms with Crippen molar-refractivity contribution in [3.8, 4) is 11.3 Å². The van der Waals surface area contributed by atoms with Crippen LogP contribution in [0.5, 0.6) is 0 Å². The Morgan fingerprint density at radius 1 is 1.19 bits per heavy atom. The summed E-state index contributed by atoms with van der Waals surface area (Å²) in [5, 5.41) is 7.25. The minimum absolute atomic E-state index is 0.0348. The van der Waals surface area contributed by atoms with E-state index in [0.29, 0.717) is 17.7 Å². The number of carbonyl (C=O) groups excluding carboxylic acids is 1. The lowest BCUT2D eigenvalue weighted by atomic mass is 9.83. The van der Waals surface area contributed by atoms with Crippen LogP contribution in [0, 0.1) is 5.92 Å². The third-order valence-corrected chi connectivity index (χ3v) is 5.96. The molecule has 2 atom stereocenters. The number of hydrogen-bond donors (Lipinski definition) is 1. The molecule has 2 fully saturated rings. The second-order valence-electron chi connectivity index (χ2n) is 7.72. The van der Waals surface area contributed by atoms with Gasteiger partial charge in [0, 0.05) is 25.2 Å². The first-order valence-electron chi connectivity index (χ1n) is 9.83. The predicted molar refractivity (Wildman–Crippen MR) is 103 cm³/mol. The molecule has 0 saturated carbocycles. The molecule has 0 radical (unpaired) electrons. The third kappa shape index (κ3) is 3.54. The van der Waals surface area contributed by atoms with E-state index >= 15 is 0 Å². The Morgan fingerprint density at radius 2 is 2.00 bits per heavy atom. The normalized spacial score (nSPS) is 23.4. The molecule has 2 aliphatic heterocycles. The van der Waals surface area contributed by atoms with Gasteiger partial charge in [0.1, 0.15) is 5.69 Å². The summed E-state index contributed by atoms with van der Waals surface area (Å²) in [6.07, 6.45) is 6.43. The van der Waals surface area contributed by atoms with Crippen LogP contribution in [-0.2, 0) is 0 Å². The summed E-state index contributed by atoms with van der Waals surface area (Å²) >= 11 is 0. The number of aromatic amines is 1. The molecule has 1 aromatic heterocycles. The van der Waals surface area contributed by atoms with Gasteiger partial charge in [-0.15, -0.1) is 0 Å².